The van der Waals surface area contributed by atoms with Crippen LogP contribution in [0.15, 0.2) is 66.7 Å². The molecule has 2 nitrogen and oxygen atoms in total. The molecule has 1 atom stereocenters. The van der Waals surface area contributed by atoms with Gasteiger partial charge in [-0.3, -0.25) is 0 Å². The minimum Gasteiger partial charge on any atom is -0.454 e. The maximum atomic E-state index is 12.3. The summed E-state index contributed by atoms with van der Waals surface area (Å²) in [5, 5.41) is 7.32. The van der Waals surface area contributed by atoms with Gasteiger partial charge in [0.1, 0.15) is 6.10 Å². The molecule has 0 aliphatic carbocycles. The molecule has 2 heteroatoms. The van der Waals surface area contributed by atoms with E-state index in [4.69, 9.17) is 4.74 Å². The Kier molecular flexibility index (Phi) is 3.96. The van der Waals surface area contributed by atoms with E-state index >= 15 is 0 Å². The predicted octanol–water partition coefficient (Wildman–Crippen LogP) is 6.79. The molecule has 4 aromatic carbocycles. The average molecular weight is 356 g/mol. The summed E-state index contributed by atoms with van der Waals surface area (Å²) < 4.78 is 5.91. The zero-order chi connectivity index (χ0) is 19.3. The van der Waals surface area contributed by atoms with Gasteiger partial charge in [-0.15, -0.1) is 0 Å². The molecule has 0 N–H and O–H groups in total. The van der Waals surface area contributed by atoms with E-state index in [2.05, 4.69) is 81.9 Å². The molecule has 0 saturated heterocycles. The number of benzene rings is 4. The van der Waals surface area contributed by atoms with Crippen molar-refractivity contribution >= 4 is 38.3 Å². The lowest BCUT2D eigenvalue weighted by molar-refractivity contribution is -0.150. The van der Waals surface area contributed by atoms with Crippen LogP contribution in [0.5, 0.6) is 0 Å². The predicted molar refractivity (Wildman–Crippen MR) is 113 cm³/mol. The maximum Gasteiger partial charge on any atom is 0.333 e. The fourth-order valence-corrected chi connectivity index (χ4v) is 3.90. The van der Waals surface area contributed by atoms with Crippen LogP contribution in [0.4, 0.5) is 0 Å². The van der Waals surface area contributed by atoms with Crippen molar-refractivity contribution in [2.24, 2.45) is 5.41 Å². The van der Waals surface area contributed by atoms with Crippen molar-refractivity contribution < 1.29 is 9.53 Å². The fraction of sp³-hybridized carbons (Fsp3) is 0.240. The van der Waals surface area contributed by atoms with Crippen molar-refractivity contribution in [1.82, 2.24) is 0 Å². The van der Waals surface area contributed by atoms with Crippen molar-refractivity contribution in [3.8, 4) is 0 Å². The lowest BCUT2D eigenvalue weighted by Gasteiger charge is -2.32. The highest BCUT2D eigenvalue weighted by atomic mass is 16.5. The summed E-state index contributed by atoms with van der Waals surface area (Å²) in [6, 6.07) is 19.3. The molecular formula is C25H24O2. The Labute approximate surface area is 159 Å². The summed E-state index contributed by atoms with van der Waals surface area (Å²) >= 11 is 0. The molecule has 4 aromatic rings. The quantitative estimate of drug-likeness (QED) is 0.229. The molecule has 27 heavy (non-hydrogen) atoms. The van der Waals surface area contributed by atoms with E-state index in [-0.39, 0.29) is 17.5 Å². The summed E-state index contributed by atoms with van der Waals surface area (Å²) in [6.45, 7) is 11.7. The molecule has 0 aliphatic rings. The summed E-state index contributed by atoms with van der Waals surface area (Å²) in [5.74, 6) is -0.347. The van der Waals surface area contributed by atoms with Gasteiger partial charge in [-0.25, -0.2) is 4.79 Å². The van der Waals surface area contributed by atoms with Crippen LogP contribution in [0.25, 0.3) is 32.3 Å². The lowest BCUT2D eigenvalue weighted by Crippen LogP contribution is -2.24. The molecule has 0 spiro atoms. The maximum absolute atomic E-state index is 12.3. The molecular weight excluding hydrogens is 332 g/mol. The van der Waals surface area contributed by atoms with Crippen molar-refractivity contribution in [2.45, 2.75) is 33.8 Å². The molecule has 0 aliphatic heterocycles. The van der Waals surface area contributed by atoms with Gasteiger partial charge in [-0.1, -0.05) is 81.9 Å². The van der Waals surface area contributed by atoms with Gasteiger partial charge in [0, 0.05) is 16.6 Å². The van der Waals surface area contributed by atoms with Gasteiger partial charge in [0.05, 0.1) is 0 Å². The Morgan fingerprint density at radius 1 is 0.889 bits per heavy atom. The van der Waals surface area contributed by atoms with Crippen LogP contribution in [0.2, 0.25) is 0 Å². The average Bonchev–Trinajstić information content (AvgIpc) is 2.63. The minimum absolute atomic E-state index is 0.242. The normalized spacial score (nSPS) is 13.3. The number of carbonyl (C=O) groups excluding carboxylic acids is 1. The largest absolute Gasteiger partial charge is 0.454 e. The number of hydrogen-bond donors (Lipinski definition) is 0. The van der Waals surface area contributed by atoms with Gasteiger partial charge in [-0.2, -0.15) is 0 Å². The third-order valence-electron chi connectivity index (χ3n) is 5.20. The van der Waals surface area contributed by atoms with Gasteiger partial charge in [0.2, 0.25) is 0 Å². The number of carbonyl (C=O) groups is 1. The van der Waals surface area contributed by atoms with E-state index in [1.54, 1.807) is 6.92 Å². The Morgan fingerprint density at radius 3 is 2.04 bits per heavy atom. The molecule has 0 radical (unpaired) electrons. The number of ether oxygens (including phenoxy) is 1. The highest BCUT2D eigenvalue weighted by Crippen LogP contribution is 2.43. The minimum atomic E-state index is -0.355. The Morgan fingerprint density at radius 2 is 1.44 bits per heavy atom. The van der Waals surface area contributed by atoms with E-state index < -0.39 is 0 Å². The zero-order valence-electron chi connectivity index (χ0n) is 16.3. The molecule has 0 heterocycles. The fourth-order valence-electron chi connectivity index (χ4n) is 3.90. The van der Waals surface area contributed by atoms with Crippen LogP contribution >= 0.6 is 0 Å². The second kappa shape index (κ2) is 6.09. The topological polar surface area (TPSA) is 26.3 Å². The van der Waals surface area contributed by atoms with Crippen molar-refractivity contribution in [3.63, 3.8) is 0 Å². The number of hydrogen-bond acceptors (Lipinski definition) is 2. The smallest absolute Gasteiger partial charge is 0.333 e. The van der Waals surface area contributed by atoms with Crippen LogP contribution in [0, 0.1) is 5.41 Å². The van der Waals surface area contributed by atoms with Gasteiger partial charge < -0.3 is 4.74 Å². The zero-order valence-corrected chi connectivity index (χ0v) is 16.3. The Bertz CT molecular complexity index is 1160. The van der Waals surface area contributed by atoms with Crippen molar-refractivity contribution in [1.29, 1.82) is 0 Å². The monoisotopic (exact) mass is 356 g/mol. The van der Waals surface area contributed by atoms with Gasteiger partial charge in [0.15, 0.2) is 0 Å². The SMILES string of the molecule is C=C(C)C(=O)OC(c1ccc2ccc3cccc4ccc1c2c34)C(C)(C)C. The van der Waals surface area contributed by atoms with Crippen LogP contribution in [0.1, 0.15) is 39.4 Å². The first-order valence-electron chi connectivity index (χ1n) is 9.30. The molecule has 0 amide bonds. The lowest BCUT2D eigenvalue weighted by atomic mass is 9.81. The molecule has 0 bridgehead atoms. The molecule has 0 aromatic heterocycles. The molecule has 0 saturated carbocycles. The number of esters is 1. The van der Waals surface area contributed by atoms with Gasteiger partial charge >= 0.3 is 5.97 Å². The Hall–Kier alpha value is -2.87. The van der Waals surface area contributed by atoms with Crippen LogP contribution in [-0.4, -0.2) is 5.97 Å². The third-order valence-corrected chi connectivity index (χ3v) is 5.20. The van der Waals surface area contributed by atoms with Gasteiger partial charge in [-0.05, 0) is 39.2 Å². The van der Waals surface area contributed by atoms with E-state index in [1.807, 2.05) is 0 Å². The second-order valence-corrected chi connectivity index (χ2v) is 8.44. The molecule has 4 rings (SSSR count). The standard InChI is InChI=1S/C25H24O2/c1-15(2)24(26)27-23(25(3,4)5)20-14-12-18-10-9-16-7-6-8-17-11-13-19(20)22(18)21(16)17/h6-14,23H,1H2,2-5H3. The Balaban J connectivity index is 2.02. The van der Waals surface area contributed by atoms with Crippen molar-refractivity contribution in [3.05, 3.63) is 72.3 Å². The van der Waals surface area contributed by atoms with Crippen LogP contribution < -0.4 is 0 Å². The van der Waals surface area contributed by atoms with E-state index in [0.717, 1.165) is 10.9 Å². The highest BCUT2D eigenvalue weighted by Gasteiger charge is 2.32. The first-order chi connectivity index (χ1) is 12.8. The first kappa shape index (κ1) is 17.5. The van der Waals surface area contributed by atoms with E-state index in [1.165, 1.54) is 26.9 Å². The van der Waals surface area contributed by atoms with Gasteiger partial charge in [0.25, 0.3) is 0 Å². The highest BCUT2D eigenvalue weighted by molar-refractivity contribution is 6.23. The summed E-state index contributed by atoms with van der Waals surface area (Å²) in [6.07, 6.45) is -0.355. The summed E-state index contributed by atoms with van der Waals surface area (Å²) in [4.78, 5) is 12.3. The van der Waals surface area contributed by atoms with E-state index in [9.17, 15) is 4.79 Å². The molecule has 1 unspecified atom stereocenters. The van der Waals surface area contributed by atoms with Crippen molar-refractivity contribution in [2.75, 3.05) is 0 Å². The summed E-state index contributed by atoms with van der Waals surface area (Å²) in [5.41, 5.74) is 1.22. The van der Waals surface area contributed by atoms with E-state index in [0.29, 0.717) is 5.57 Å². The molecule has 0 fully saturated rings. The van der Waals surface area contributed by atoms with Crippen LogP contribution in [0.3, 0.4) is 0 Å². The molecule has 136 valence electrons. The van der Waals surface area contributed by atoms with Crippen LogP contribution in [-0.2, 0) is 9.53 Å². The first-order valence-corrected chi connectivity index (χ1v) is 9.30. The number of rotatable bonds is 3. The summed E-state index contributed by atoms with van der Waals surface area (Å²) in [7, 11) is 0. The third kappa shape index (κ3) is 2.86. The second-order valence-electron chi connectivity index (χ2n) is 8.44.